The van der Waals surface area contributed by atoms with Crippen LogP contribution in [0.15, 0.2) is 36.4 Å². The van der Waals surface area contributed by atoms with Gasteiger partial charge in [-0.15, -0.1) is 10.2 Å². The van der Waals surface area contributed by atoms with E-state index in [0.717, 1.165) is 52.0 Å². The molecule has 2 aromatic heterocycles. The van der Waals surface area contributed by atoms with Crippen LogP contribution in [0.3, 0.4) is 0 Å². The molecule has 0 radical (unpaired) electrons. The molecule has 1 atom stereocenters. The van der Waals surface area contributed by atoms with Crippen molar-refractivity contribution in [2.24, 2.45) is 12.5 Å². The lowest BCUT2D eigenvalue weighted by Gasteiger charge is -2.26. The van der Waals surface area contributed by atoms with E-state index < -0.39 is 0 Å². The molecule has 4 aromatic rings. The monoisotopic (exact) mass is 509 g/mol. The first-order valence-corrected chi connectivity index (χ1v) is 12.7. The van der Waals surface area contributed by atoms with E-state index in [1.807, 2.05) is 12.1 Å². The van der Waals surface area contributed by atoms with Gasteiger partial charge in [0.25, 0.3) is 0 Å². The van der Waals surface area contributed by atoms with Gasteiger partial charge >= 0.3 is 2.86 Å². The number of benzene rings is 2. The number of nitrogens with zero attached hydrogens (tertiary/aromatic N) is 6. The summed E-state index contributed by atoms with van der Waals surface area (Å²) in [7, 11) is 1.76. The summed E-state index contributed by atoms with van der Waals surface area (Å²) in [5.41, 5.74) is 7.15. The van der Waals surface area contributed by atoms with Crippen LogP contribution in [0.1, 0.15) is 68.4 Å². The van der Waals surface area contributed by atoms with Crippen molar-refractivity contribution in [1.82, 2.24) is 29.8 Å². The van der Waals surface area contributed by atoms with E-state index >= 15 is 0 Å². The van der Waals surface area contributed by atoms with Gasteiger partial charge in [-0.25, -0.2) is 4.98 Å². The predicted molar refractivity (Wildman–Crippen MR) is 145 cm³/mol. The molecule has 190 valence electrons. The van der Waals surface area contributed by atoms with Gasteiger partial charge in [-0.05, 0) is 59.2 Å². The first kappa shape index (κ1) is 23.4. The normalized spacial score (nSPS) is 13.7. The van der Waals surface area contributed by atoms with Gasteiger partial charge in [0, 0.05) is 12.0 Å². The van der Waals surface area contributed by atoms with Gasteiger partial charge < -0.3 is 9.68 Å². The Labute approximate surface area is 221 Å². The summed E-state index contributed by atoms with van der Waals surface area (Å²) in [6, 6.07) is 12.5. The first-order chi connectivity index (χ1) is 17.9. The molecule has 7 nitrogen and oxygen atoms in total. The van der Waals surface area contributed by atoms with Crippen LogP contribution in [0.2, 0.25) is 5.15 Å². The maximum Gasteiger partial charge on any atom is 0.487 e. The third kappa shape index (κ3) is 4.95. The van der Waals surface area contributed by atoms with E-state index in [-0.39, 0.29) is 18.1 Å². The van der Waals surface area contributed by atoms with E-state index in [9.17, 15) is 0 Å². The molecular weight excluding hydrogens is 472 g/mol. The van der Waals surface area contributed by atoms with Crippen molar-refractivity contribution in [2.75, 3.05) is 0 Å². The highest BCUT2D eigenvalue weighted by atomic mass is 35.5. The average molecular weight is 510 g/mol. The Morgan fingerprint density at radius 3 is 2.58 bits per heavy atom. The van der Waals surface area contributed by atoms with Crippen LogP contribution in [0, 0.1) is 19.3 Å². The Hall–Kier alpha value is -3.03. The Morgan fingerprint density at radius 2 is 1.94 bits per heavy atom. The molecule has 8 heteroatoms. The second-order valence-electron chi connectivity index (χ2n) is 10.3. The number of hydrogen-bond acceptors (Lipinski definition) is 4. The lowest BCUT2D eigenvalue weighted by molar-refractivity contribution is 0.266. The average Bonchev–Trinajstić information content (AvgIpc) is 3.40. The van der Waals surface area contributed by atoms with Crippen molar-refractivity contribution in [3.8, 4) is 22.5 Å². The predicted octanol–water partition coefficient (Wildman–Crippen LogP) is 5.82. The zero-order valence-corrected chi connectivity index (χ0v) is 22.9. The van der Waals surface area contributed by atoms with Crippen molar-refractivity contribution in [3.63, 3.8) is 0 Å². The molecule has 0 saturated carbocycles. The SMILES string of the molecule is [2H][O+]([2H])Cc1c(Cl)nc(CC(C)(C)CC)n1C(C)c1ccc(-c2c(C)cccc2-c2nnn(C)n2)cc1C. The molecule has 2 aromatic carbocycles. The van der Waals surface area contributed by atoms with Crippen LogP contribution in [0.4, 0.5) is 0 Å². The highest BCUT2D eigenvalue weighted by Crippen LogP contribution is 2.37. The molecule has 4 rings (SSSR count). The van der Waals surface area contributed by atoms with Gasteiger partial charge in [-0.1, -0.05) is 75.2 Å². The number of rotatable bonds is 9. The lowest BCUT2D eigenvalue weighted by atomic mass is 9.86. The summed E-state index contributed by atoms with van der Waals surface area (Å²) in [5.74, 6) is 1.46. The van der Waals surface area contributed by atoms with Crippen molar-refractivity contribution >= 4 is 11.6 Å². The summed E-state index contributed by atoms with van der Waals surface area (Å²) in [6.45, 7) is 12.9. The number of halogens is 1. The van der Waals surface area contributed by atoms with E-state index in [2.05, 4.69) is 85.8 Å². The van der Waals surface area contributed by atoms with Crippen LogP contribution in [0.25, 0.3) is 22.5 Å². The molecule has 0 aliphatic heterocycles. The van der Waals surface area contributed by atoms with Gasteiger partial charge in [0.1, 0.15) is 11.5 Å². The molecule has 1 unspecified atom stereocenters. The van der Waals surface area contributed by atoms with Crippen LogP contribution in [-0.2, 0) is 20.1 Å². The van der Waals surface area contributed by atoms with Gasteiger partial charge in [0.05, 0.1) is 13.1 Å². The standard InChI is InChI=1S/C28H35ClN6O/c1-8-28(5,6)15-24-30-26(29)23(16-36)35(24)19(4)21-13-12-20(14-18(21)3)25-17(2)10-9-11-22(25)27-31-33-34(7)32-27/h9-14,19,36H,8,15-16H2,1-7H3/p+1/i36D/hD. The fourth-order valence-corrected chi connectivity index (χ4v) is 5.06. The second kappa shape index (κ2) is 10.1. The smallest absolute Gasteiger partial charge is 0.441 e. The second-order valence-corrected chi connectivity index (χ2v) is 10.7. The Morgan fingerprint density at radius 1 is 1.17 bits per heavy atom. The van der Waals surface area contributed by atoms with Gasteiger partial charge in [0.2, 0.25) is 5.82 Å². The van der Waals surface area contributed by atoms with Crippen molar-refractivity contribution < 1.29 is 5.11 Å². The van der Waals surface area contributed by atoms with Crippen LogP contribution >= 0.6 is 11.6 Å². The minimum atomic E-state index is -0.0970. The third-order valence-electron chi connectivity index (χ3n) is 7.18. The maximum atomic E-state index is 7.66. The summed E-state index contributed by atoms with van der Waals surface area (Å²) < 4.78 is 17.4. The molecule has 2 heterocycles. The molecule has 0 amide bonds. The van der Waals surface area contributed by atoms with E-state index in [4.69, 9.17) is 19.4 Å². The molecule has 0 spiro atoms. The molecule has 0 fully saturated rings. The lowest BCUT2D eigenvalue weighted by Crippen LogP contribution is -2.21. The molecule has 2 N–H and O–H groups in total. The number of tetrazole rings is 1. The molecule has 0 aliphatic carbocycles. The molecule has 0 aliphatic rings. The molecule has 36 heavy (non-hydrogen) atoms. The molecule has 0 saturated heterocycles. The summed E-state index contributed by atoms with van der Waals surface area (Å²) >= 11 is 6.58. The van der Waals surface area contributed by atoms with Gasteiger partial charge in [-0.2, -0.15) is 4.80 Å². The van der Waals surface area contributed by atoms with Crippen LogP contribution < -0.4 is 0 Å². The Kier molecular flexibility index (Phi) is 6.59. The van der Waals surface area contributed by atoms with Crippen molar-refractivity contribution in [2.45, 2.75) is 67.0 Å². The minimum absolute atomic E-state index is 0.0163. The van der Waals surface area contributed by atoms with Crippen LogP contribution in [0.5, 0.6) is 0 Å². The third-order valence-corrected chi connectivity index (χ3v) is 7.49. The zero-order valence-electron chi connectivity index (χ0n) is 24.1. The van der Waals surface area contributed by atoms with Crippen molar-refractivity contribution in [3.05, 3.63) is 69.8 Å². The number of imidazole rings is 1. The number of aryl methyl sites for hydroxylation is 3. The number of hydrogen-bond donors (Lipinski definition) is 0. The number of aromatic nitrogens is 6. The van der Waals surface area contributed by atoms with Crippen molar-refractivity contribution in [1.29, 1.82) is 2.86 Å². The molecular formula is C28H36ClN6O+. The quantitative estimate of drug-likeness (QED) is 0.266. The van der Waals surface area contributed by atoms with E-state index in [0.29, 0.717) is 16.7 Å². The van der Waals surface area contributed by atoms with Gasteiger partial charge in [-0.3, -0.25) is 0 Å². The largest absolute Gasteiger partial charge is 0.487 e. The zero-order chi connectivity index (χ0) is 27.8. The van der Waals surface area contributed by atoms with Crippen LogP contribution in [-0.4, -0.2) is 37.7 Å². The topological polar surface area (TPSA) is 84.3 Å². The summed E-state index contributed by atoms with van der Waals surface area (Å²) in [5, 5.41) is 14.5. The maximum absolute atomic E-state index is 7.66. The fourth-order valence-electron chi connectivity index (χ4n) is 4.82. The summed E-state index contributed by atoms with van der Waals surface area (Å²) in [6.07, 6.45) is 1.73. The van der Waals surface area contributed by atoms with Gasteiger partial charge in [0.15, 0.2) is 11.8 Å². The Bertz CT molecular complexity index is 1450. The highest BCUT2D eigenvalue weighted by molar-refractivity contribution is 6.30. The first-order valence-electron chi connectivity index (χ1n) is 13.2. The minimum Gasteiger partial charge on any atom is -0.441 e. The van der Waals surface area contributed by atoms with E-state index in [1.54, 1.807) is 7.05 Å². The highest BCUT2D eigenvalue weighted by Gasteiger charge is 2.27. The Balaban J connectivity index is 1.80. The molecule has 0 bridgehead atoms. The fraction of sp³-hybridized carbons (Fsp3) is 0.429. The van der Waals surface area contributed by atoms with E-state index in [1.165, 1.54) is 9.91 Å². The summed E-state index contributed by atoms with van der Waals surface area (Å²) in [4.78, 5) is 6.16.